The molecule has 1 saturated heterocycles. The molecule has 1 fully saturated rings. The van der Waals surface area contributed by atoms with Crippen LogP contribution in [0.3, 0.4) is 0 Å². The van der Waals surface area contributed by atoms with Crippen LogP contribution in [0.25, 0.3) is 16.2 Å². The molecule has 3 aromatic rings. The second kappa shape index (κ2) is 9.23. The van der Waals surface area contributed by atoms with E-state index in [1.807, 2.05) is 11.8 Å². The standard InChI is InChI=1S/C20H23F3N6O2S/c1-2-24-18(30)28-8-6-13(7-9-28)11-25-17-27-29-16(12-26-19(29)32-17)14-4-3-5-15(10-14)31-20(21,22)23/h3-5,10,12-13H,2,6-9,11H2,1H3,(H,24,30)(H,25,27). The maximum atomic E-state index is 12.5. The van der Waals surface area contributed by atoms with Crippen LogP contribution < -0.4 is 15.4 Å². The highest BCUT2D eigenvalue weighted by Crippen LogP contribution is 2.30. The van der Waals surface area contributed by atoms with E-state index in [1.165, 1.54) is 29.5 Å². The molecule has 0 saturated carbocycles. The van der Waals surface area contributed by atoms with E-state index in [0.29, 0.717) is 33.8 Å². The molecule has 1 aliphatic rings. The number of ether oxygens (including phenoxy) is 1. The number of hydrogen-bond donors (Lipinski definition) is 2. The molecule has 1 aromatic carbocycles. The number of anilines is 1. The minimum atomic E-state index is -4.75. The first kappa shape index (κ1) is 22.2. The third-order valence-corrected chi connectivity index (χ3v) is 6.10. The van der Waals surface area contributed by atoms with Crippen molar-refractivity contribution in [2.24, 2.45) is 5.92 Å². The van der Waals surface area contributed by atoms with Gasteiger partial charge in [-0.25, -0.2) is 14.3 Å². The first-order chi connectivity index (χ1) is 15.3. The third kappa shape index (κ3) is 5.23. The predicted octanol–water partition coefficient (Wildman–Crippen LogP) is 4.21. The van der Waals surface area contributed by atoms with E-state index >= 15 is 0 Å². The molecular weight excluding hydrogens is 445 g/mol. The van der Waals surface area contributed by atoms with E-state index in [4.69, 9.17) is 0 Å². The van der Waals surface area contributed by atoms with Crippen LogP contribution in [0, 0.1) is 5.92 Å². The number of piperidine rings is 1. The molecule has 0 spiro atoms. The molecule has 3 heterocycles. The molecule has 0 bridgehead atoms. The van der Waals surface area contributed by atoms with E-state index in [9.17, 15) is 18.0 Å². The van der Waals surface area contributed by atoms with Gasteiger partial charge in [-0.15, -0.1) is 18.3 Å². The van der Waals surface area contributed by atoms with E-state index in [-0.39, 0.29) is 11.8 Å². The number of imidazole rings is 1. The van der Waals surface area contributed by atoms with Crippen LogP contribution in [-0.4, -0.2) is 58.1 Å². The number of alkyl halides is 3. The Labute approximate surface area is 186 Å². The highest BCUT2D eigenvalue weighted by molar-refractivity contribution is 7.20. The zero-order chi connectivity index (χ0) is 22.7. The Hall–Kier alpha value is -3.02. The van der Waals surface area contributed by atoms with Gasteiger partial charge in [0.15, 0.2) is 0 Å². The van der Waals surface area contributed by atoms with Crippen LogP contribution in [-0.2, 0) is 0 Å². The fourth-order valence-electron chi connectivity index (χ4n) is 3.65. The van der Waals surface area contributed by atoms with Crippen molar-refractivity contribution in [1.82, 2.24) is 24.8 Å². The predicted molar refractivity (Wildman–Crippen MR) is 115 cm³/mol. The summed E-state index contributed by atoms with van der Waals surface area (Å²) in [5.41, 5.74) is 1.10. The molecule has 2 aromatic heterocycles. The number of hydrogen-bond acceptors (Lipinski definition) is 6. The van der Waals surface area contributed by atoms with Crippen molar-refractivity contribution in [3.63, 3.8) is 0 Å². The Morgan fingerprint density at radius 1 is 1.31 bits per heavy atom. The Morgan fingerprint density at radius 2 is 2.09 bits per heavy atom. The van der Waals surface area contributed by atoms with Gasteiger partial charge in [-0.3, -0.25) is 0 Å². The summed E-state index contributed by atoms with van der Waals surface area (Å²) in [6.45, 7) is 4.69. The molecule has 0 radical (unpaired) electrons. The SMILES string of the molecule is CCNC(=O)N1CCC(CNc2nn3c(-c4cccc(OC(F)(F)F)c4)cnc3s2)CC1. The van der Waals surface area contributed by atoms with E-state index in [1.54, 1.807) is 16.8 Å². The average molecular weight is 469 g/mol. The van der Waals surface area contributed by atoms with Crippen molar-refractivity contribution in [1.29, 1.82) is 0 Å². The summed E-state index contributed by atoms with van der Waals surface area (Å²) in [6.07, 6.45) is -1.36. The number of likely N-dealkylation sites (tertiary alicyclic amines) is 1. The van der Waals surface area contributed by atoms with Gasteiger partial charge in [0.25, 0.3) is 0 Å². The minimum Gasteiger partial charge on any atom is -0.406 e. The van der Waals surface area contributed by atoms with Gasteiger partial charge in [-0.1, -0.05) is 23.5 Å². The smallest absolute Gasteiger partial charge is 0.406 e. The van der Waals surface area contributed by atoms with E-state index in [0.717, 1.165) is 32.5 Å². The van der Waals surface area contributed by atoms with Crippen molar-refractivity contribution in [2.75, 3.05) is 31.5 Å². The lowest BCUT2D eigenvalue weighted by Gasteiger charge is -2.31. The second-order valence-electron chi connectivity index (χ2n) is 7.47. The maximum absolute atomic E-state index is 12.5. The Balaban J connectivity index is 1.39. The van der Waals surface area contributed by atoms with Gasteiger partial charge in [0, 0.05) is 31.7 Å². The molecule has 32 heavy (non-hydrogen) atoms. The monoisotopic (exact) mass is 468 g/mol. The number of halogens is 3. The van der Waals surface area contributed by atoms with Gasteiger partial charge in [0.2, 0.25) is 10.1 Å². The number of nitrogens with zero attached hydrogens (tertiary/aromatic N) is 4. The van der Waals surface area contributed by atoms with Crippen LogP contribution >= 0.6 is 11.3 Å². The fourth-order valence-corrected chi connectivity index (χ4v) is 4.43. The number of carbonyl (C=O) groups excluding carboxylic acids is 1. The molecule has 2 N–H and O–H groups in total. The van der Waals surface area contributed by atoms with Crippen LogP contribution in [0.5, 0.6) is 5.75 Å². The zero-order valence-corrected chi connectivity index (χ0v) is 18.2. The lowest BCUT2D eigenvalue weighted by atomic mass is 9.97. The van der Waals surface area contributed by atoms with Crippen LogP contribution in [0.4, 0.5) is 23.1 Å². The van der Waals surface area contributed by atoms with Gasteiger partial charge in [-0.2, -0.15) is 0 Å². The normalized spacial score (nSPS) is 15.2. The van der Waals surface area contributed by atoms with Crippen molar-refractivity contribution >= 4 is 27.5 Å². The summed E-state index contributed by atoms with van der Waals surface area (Å²) in [4.78, 5) is 18.7. The van der Waals surface area contributed by atoms with Gasteiger partial charge in [0.05, 0.1) is 11.9 Å². The minimum absolute atomic E-state index is 0.0164. The average Bonchev–Trinajstić information content (AvgIpc) is 3.32. The summed E-state index contributed by atoms with van der Waals surface area (Å²) in [7, 11) is 0. The maximum Gasteiger partial charge on any atom is 0.573 e. The molecule has 0 unspecified atom stereocenters. The van der Waals surface area contributed by atoms with E-state index < -0.39 is 6.36 Å². The van der Waals surface area contributed by atoms with Crippen molar-refractivity contribution < 1.29 is 22.7 Å². The van der Waals surface area contributed by atoms with Crippen molar-refractivity contribution in [2.45, 2.75) is 26.1 Å². The molecule has 8 nitrogen and oxygen atoms in total. The molecule has 0 atom stereocenters. The summed E-state index contributed by atoms with van der Waals surface area (Å²) in [6, 6.07) is 5.72. The van der Waals surface area contributed by atoms with Crippen LogP contribution in [0.2, 0.25) is 0 Å². The quantitative estimate of drug-likeness (QED) is 0.566. The largest absolute Gasteiger partial charge is 0.573 e. The lowest BCUT2D eigenvalue weighted by molar-refractivity contribution is -0.274. The van der Waals surface area contributed by atoms with Crippen LogP contribution in [0.1, 0.15) is 19.8 Å². The van der Waals surface area contributed by atoms with Gasteiger partial charge in [0.1, 0.15) is 5.75 Å². The summed E-state index contributed by atoms with van der Waals surface area (Å²) >= 11 is 1.37. The molecule has 1 aliphatic heterocycles. The summed E-state index contributed by atoms with van der Waals surface area (Å²) in [5, 5.41) is 11.4. The van der Waals surface area contributed by atoms with Gasteiger partial charge in [-0.05, 0) is 37.8 Å². The van der Waals surface area contributed by atoms with Crippen LogP contribution in [0.15, 0.2) is 30.5 Å². The molecule has 4 rings (SSSR count). The molecule has 12 heteroatoms. The molecule has 0 aliphatic carbocycles. The topological polar surface area (TPSA) is 83.8 Å². The number of aromatic nitrogens is 3. The molecule has 2 amide bonds. The zero-order valence-electron chi connectivity index (χ0n) is 17.4. The first-order valence-electron chi connectivity index (χ1n) is 10.3. The Morgan fingerprint density at radius 3 is 2.81 bits per heavy atom. The number of benzene rings is 1. The highest BCUT2D eigenvalue weighted by atomic mass is 32.1. The first-order valence-corrected chi connectivity index (χ1v) is 11.1. The Bertz CT molecular complexity index is 1070. The third-order valence-electron chi connectivity index (χ3n) is 5.22. The van der Waals surface area contributed by atoms with Crippen molar-refractivity contribution in [3.8, 4) is 17.0 Å². The number of carbonyl (C=O) groups is 1. The molecular formula is C20H23F3N6O2S. The number of fused-ring (bicyclic) bond motifs is 1. The number of amides is 2. The second-order valence-corrected chi connectivity index (χ2v) is 8.42. The highest BCUT2D eigenvalue weighted by Gasteiger charge is 2.31. The number of rotatable bonds is 6. The van der Waals surface area contributed by atoms with E-state index in [2.05, 4.69) is 25.5 Å². The van der Waals surface area contributed by atoms with Crippen molar-refractivity contribution in [3.05, 3.63) is 30.5 Å². The number of urea groups is 1. The number of nitrogens with one attached hydrogen (secondary N) is 2. The van der Waals surface area contributed by atoms with Gasteiger partial charge >= 0.3 is 12.4 Å². The fraction of sp³-hybridized carbons (Fsp3) is 0.450. The lowest BCUT2D eigenvalue weighted by Crippen LogP contribution is -2.45. The Kier molecular flexibility index (Phi) is 6.40. The summed E-state index contributed by atoms with van der Waals surface area (Å²) in [5.74, 6) is 0.130. The molecule has 172 valence electrons. The summed E-state index contributed by atoms with van der Waals surface area (Å²) < 4.78 is 43.2. The van der Waals surface area contributed by atoms with Gasteiger partial charge < -0.3 is 20.3 Å².